The van der Waals surface area contributed by atoms with Crippen molar-refractivity contribution in [2.45, 2.75) is 20.0 Å². The summed E-state index contributed by atoms with van der Waals surface area (Å²) in [5, 5.41) is 0.139. The second kappa shape index (κ2) is 8.87. The first-order chi connectivity index (χ1) is 16.0. The number of hydrogen-bond donors (Lipinski definition) is 0. The molecule has 34 heavy (non-hydrogen) atoms. The molecular formula is C25H16ClF3O5. The minimum atomic E-state index is -5.02. The molecule has 0 fully saturated rings. The standard InChI is InChI=1S/C25H16ClF3O5/c1-13-8-14(2)10-18(9-13)32-22-21(30)19-7-6-17(12-20(19)34-23(22)25(27,28)29)33-24(31)15-4-3-5-16(26)11-15/h3-12H,1-2H3. The van der Waals surface area contributed by atoms with Crippen molar-refractivity contribution in [2.75, 3.05) is 0 Å². The van der Waals surface area contributed by atoms with Gasteiger partial charge in [-0.15, -0.1) is 0 Å². The Labute approximate surface area is 196 Å². The van der Waals surface area contributed by atoms with Crippen LogP contribution < -0.4 is 14.9 Å². The monoisotopic (exact) mass is 488 g/mol. The second-order valence-electron chi connectivity index (χ2n) is 7.57. The van der Waals surface area contributed by atoms with Crippen LogP contribution in [0.3, 0.4) is 0 Å². The van der Waals surface area contributed by atoms with Crippen molar-refractivity contribution >= 4 is 28.5 Å². The van der Waals surface area contributed by atoms with Crippen molar-refractivity contribution in [3.8, 4) is 17.2 Å². The lowest BCUT2D eigenvalue weighted by atomic mass is 10.1. The molecule has 0 spiro atoms. The van der Waals surface area contributed by atoms with Gasteiger partial charge in [0.15, 0.2) is 0 Å². The summed E-state index contributed by atoms with van der Waals surface area (Å²) in [6.07, 6.45) is -5.02. The SMILES string of the molecule is Cc1cc(C)cc(Oc2c(C(F)(F)F)oc3cc(OC(=O)c4cccc(Cl)c4)ccc3c2=O)c1. The fourth-order valence-corrected chi connectivity index (χ4v) is 3.58. The van der Waals surface area contributed by atoms with E-state index >= 15 is 0 Å². The van der Waals surface area contributed by atoms with Crippen LogP contribution in [0, 0.1) is 13.8 Å². The van der Waals surface area contributed by atoms with Crippen LogP contribution in [-0.2, 0) is 6.18 Å². The van der Waals surface area contributed by atoms with E-state index in [2.05, 4.69) is 0 Å². The van der Waals surface area contributed by atoms with Gasteiger partial charge in [0.2, 0.25) is 11.2 Å². The van der Waals surface area contributed by atoms with Crippen LogP contribution in [0.2, 0.25) is 5.02 Å². The number of hydrogen-bond acceptors (Lipinski definition) is 5. The first-order valence-corrected chi connectivity index (χ1v) is 10.3. The first kappa shape index (κ1) is 23.4. The van der Waals surface area contributed by atoms with E-state index in [1.165, 1.54) is 36.4 Å². The van der Waals surface area contributed by atoms with Gasteiger partial charge in [0.1, 0.15) is 17.1 Å². The number of esters is 1. The normalized spacial score (nSPS) is 11.5. The molecule has 0 aliphatic rings. The van der Waals surface area contributed by atoms with E-state index in [0.717, 1.165) is 17.2 Å². The summed E-state index contributed by atoms with van der Waals surface area (Å²) in [7, 11) is 0. The molecule has 1 heterocycles. The predicted octanol–water partition coefficient (Wildman–Crippen LogP) is 7.09. The predicted molar refractivity (Wildman–Crippen MR) is 120 cm³/mol. The molecule has 0 aliphatic carbocycles. The van der Waals surface area contributed by atoms with Crippen molar-refractivity contribution in [2.24, 2.45) is 0 Å². The molecule has 0 N–H and O–H groups in total. The van der Waals surface area contributed by atoms with Gasteiger partial charge < -0.3 is 13.9 Å². The van der Waals surface area contributed by atoms with Gasteiger partial charge in [-0.2, -0.15) is 13.2 Å². The van der Waals surface area contributed by atoms with E-state index in [9.17, 15) is 22.8 Å². The van der Waals surface area contributed by atoms with E-state index in [1.807, 2.05) is 6.07 Å². The maximum atomic E-state index is 13.8. The molecule has 0 saturated heterocycles. The number of carbonyl (C=O) groups is 1. The van der Waals surface area contributed by atoms with Gasteiger partial charge in [-0.25, -0.2) is 4.79 Å². The third-order valence-electron chi connectivity index (χ3n) is 4.77. The van der Waals surface area contributed by atoms with Gasteiger partial charge in [0.25, 0.3) is 5.76 Å². The molecule has 0 aliphatic heterocycles. The van der Waals surface area contributed by atoms with E-state index in [0.29, 0.717) is 5.02 Å². The number of ether oxygens (including phenoxy) is 2. The lowest BCUT2D eigenvalue weighted by Gasteiger charge is -2.14. The molecule has 3 aromatic carbocycles. The van der Waals surface area contributed by atoms with Gasteiger partial charge in [0.05, 0.1) is 10.9 Å². The molecule has 0 saturated carbocycles. The number of carbonyl (C=O) groups excluding carboxylic acids is 1. The van der Waals surface area contributed by atoms with Crippen LogP contribution in [0.1, 0.15) is 27.2 Å². The number of rotatable bonds is 4. The Balaban J connectivity index is 1.77. The van der Waals surface area contributed by atoms with E-state index < -0.39 is 34.7 Å². The minimum Gasteiger partial charge on any atom is -0.449 e. The summed E-state index contributed by atoms with van der Waals surface area (Å²) in [4.78, 5) is 25.3. The van der Waals surface area contributed by atoms with Crippen LogP contribution in [-0.4, -0.2) is 5.97 Å². The van der Waals surface area contributed by atoms with Crippen LogP contribution in [0.4, 0.5) is 13.2 Å². The molecule has 174 valence electrons. The molecule has 0 unspecified atom stereocenters. The van der Waals surface area contributed by atoms with E-state index in [4.69, 9.17) is 25.5 Å². The molecule has 0 bridgehead atoms. The Hall–Kier alpha value is -3.78. The quantitative estimate of drug-likeness (QED) is 0.226. The largest absolute Gasteiger partial charge is 0.453 e. The number of fused-ring (bicyclic) bond motifs is 1. The third-order valence-corrected chi connectivity index (χ3v) is 5.00. The average molecular weight is 489 g/mol. The summed E-state index contributed by atoms with van der Waals surface area (Å²) in [6.45, 7) is 3.50. The Kier molecular flexibility index (Phi) is 6.10. The Morgan fingerprint density at radius 1 is 0.941 bits per heavy atom. The molecule has 4 rings (SSSR count). The van der Waals surface area contributed by atoms with Gasteiger partial charge in [0, 0.05) is 11.1 Å². The zero-order valence-corrected chi connectivity index (χ0v) is 18.6. The van der Waals surface area contributed by atoms with Crippen LogP contribution in [0.25, 0.3) is 11.0 Å². The van der Waals surface area contributed by atoms with Gasteiger partial charge in [-0.3, -0.25) is 4.79 Å². The molecular weight excluding hydrogens is 473 g/mol. The smallest absolute Gasteiger partial charge is 0.449 e. The highest BCUT2D eigenvalue weighted by Crippen LogP contribution is 2.39. The van der Waals surface area contributed by atoms with Gasteiger partial charge >= 0.3 is 12.1 Å². The molecule has 0 radical (unpaired) electrons. The summed E-state index contributed by atoms with van der Waals surface area (Å²) in [5.74, 6) is -3.40. The number of halogens is 4. The lowest BCUT2D eigenvalue weighted by molar-refractivity contribution is -0.154. The molecule has 4 aromatic rings. The molecule has 5 nitrogen and oxygen atoms in total. The average Bonchev–Trinajstić information content (AvgIpc) is 2.74. The highest BCUT2D eigenvalue weighted by molar-refractivity contribution is 6.30. The van der Waals surface area contributed by atoms with Crippen molar-refractivity contribution < 1.29 is 31.9 Å². The van der Waals surface area contributed by atoms with Gasteiger partial charge in [-0.05, 0) is 67.4 Å². The number of alkyl halides is 3. The molecule has 1 aromatic heterocycles. The van der Waals surface area contributed by atoms with E-state index in [1.54, 1.807) is 26.0 Å². The highest BCUT2D eigenvalue weighted by Gasteiger charge is 2.40. The topological polar surface area (TPSA) is 65.7 Å². The Morgan fingerprint density at radius 3 is 2.29 bits per heavy atom. The third kappa shape index (κ3) is 4.92. The van der Waals surface area contributed by atoms with Crippen LogP contribution in [0.5, 0.6) is 17.2 Å². The molecule has 0 amide bonds. The van der Waals surface area contributed by atoms with E-state index in [-0.39, 0.29) is 22.4 Å². The minimum absolute atomic E-state index is 0.0710. The highest BCUT2D eigenvalue weighted by atomic mass is 35.5. The fraction of sp³-hybridized carbons (Fsp3) is 0.120. The summed E-state index contributed by atoms with van der Waals surface area (Å²) >= 11 is 5.86. The van der Waals surface area contributed by atoms with Crippen molar-refractivity contribution in [3.05, 3.63) is 98.4 Å². The van der Waals surface area contributed by atoms with Gasteiger partial charge in [-0.1, -0.05) is 23.7 Å². The van der Waals surface area contributed by atoms with Crippen molar-refractivity contribution in [3.63, 3.8) is 0 Å². The first-order valence-electron chi connectivity index (χ1n) is 9.93. The second-order valence-corrected chi connectivity index (χ2v) is 8.01. The summed E-state index contributed by atoms with van der Waals surface area (Å²) in [5.41, 5.74) is 0.212. The molecule has 9 heteroatoms. The summed E-state index contributed by atoms with van der Waals surface area (Å²) < 4.78 is 57.0. The zero-order chi connectivity index (χ0) is 24.6. The lowest BCUT2D eigenvalue weighted by Crippen LogP contribution is -2.15. The van der Waals surface area contributed by atoms with Crippen LogP contribution >= 0.6 is 11.6 Å². The number of aryl methyl sites for hydroxylation is 2. The molecule has 0 atom stereocenters. The van der Waals surface area contributed by atoms with Crippen molar-refractivity contribution in [1.82, 2.24) is 0 Å². The Bertz CT molecular complexity index is 1450. The zero-order valence-electron chi connectivity index (χ0n) is 17.8. The maximum absolute atomic E-state index is 13.8. The summed E-state index contributed by atoms with van der Waals surface area (Å²) in [6, 6.07) is 14.3. The fourth-order valence-electron chi connectivity index (χ4n) is 3.39. The number of benzene rings is 3. The van der Waals surface area contributed by atoms with Crippen LogP contribution in [0.15, 0.2) is 69.9 Å². The van der Waals surface area contributed by atoms with Crippen molar-refractivity contribution in [1.29, 1.82) is 0 Å². The maximum Gasteiger partial charge on any atom is 0.453 e. The Morgan fingerprint density at radius 2 is 1.65 bits per heavy atom.